The Hall–Kier alpha value is -2.38. The van der Waals surface area contributed by atoms with Crippen LogP contribution in [0.1, 0.15) is 31.2 Å². The van der Waals surface area contributed by atoms with E-state index in [4.69, 9.17) is 5.11 Å². The van der Waals surface area contributed by atoms with Gasteiger partial charge >= 0.3 is 5.97 Å². The summed E-state index contributed by atoms with van der Waals surface area (Å²) >= 11 is 0. The van der Waals surface area contributed by atoms with Crippen LogP contribution in [0.15, 0.2) is 6.07 Å². The average molecular weight is 290 g/mol. The third-order valence-corrected chi connectivity index (χ3v) is 3.35. The van der Waals surface area contributed by atoms with E-state index in [1.54, 1.807) is 4.68 Å². The van der Waals surface area contributed by atoms with Gasteiger partial charge in [0.1, 0.15) is 0 Å². The molecule has 0 spiro atoms. The van der Waals surface area contributed by atoms with Gasteiger partial charge in [-0.15, -0.1) is 5.10 Å². The van der Waals surface area contributed by atoms with Gasteiger partial charge in [0.15, 0.2) is 5.82 Å². The first kappa shape index (κ1) is 15.0. The minimum Gasteiger partial charge on any atom is -0.481 e. The summed E-state index contributed by atoms with van der Waals surface area (Å²) in [5.41, 5.74) is 2.34. The lowest BCUT2D eigenvalue weighted by Crippen LogP contribution is -2.16. The molecule has 1 atom stereocenters. The number of hydrogen-bond acceptors (Lipinski definition) is 6. The molecule has 0 aliphatic heterocycles. The topological polar surface area (TPSA) is 107 Å². The van der Waals surface area contributed by atoms with E-state index in [0.717, 1.165) is 23.4 Å². The van der Waals surface area contributed by atoms with Crippen molar-refractivity contribution in [1.82, 2.24) is 30.4 Å². The molecule has 1 unspecified atom stereocenters. The van der Waals surface area contributed by atoms with E-state index >= 15 is 0 Å². The van der Waals surface area contributed by atoms with Gasteiger partial charge < -0.3 is 5.11 Å². The molecule has 0 radical (unpaired) electrons. The standard InChI is InChI=1S/C13H18N6O2/c1-4-10(6-12(20)21)7-19-13(16-17-18-19)11-5-8(2)14-15-9(11)3/h5,10H,4,6-7H2,1-3H3,(H,20,21). The van der Waals surface area contributed by atoms with Gasteiger partial charge in [0.2, 0.25) is 0 Å². The molecule has 0 aromatic carbocycles. The highest BCUT2D eigenvalue weighted by Gasteiger charge is 2.18. The van der Waals surface area contributed by atoms with E-state index in [2.05, 4.69) is 25.7 Å². The maximum atomic E-state index is 10.9. The van der Waals surface area contributed by atoms with Crippen LogP contribution in [-0.2, 0) is 11.3 Å². The number of nitrogens with zero attached hydrogens (tertiary/aromatic N) is 6. The first-order valence-corrected chi connectivity index (χ1v) is 6.80. The molecule has 2 rings (SSSR count). The van der Waals surface area contributed by atoms with Crippen molar-refractivity contribution in [1.29, 1.82) is 0 Å². The number of hydrogen-bond donors (Lipinski definition) is 1. The van der Waals surface area contributed by atoms with E-state index < -0.39 is 5.97 Å². The maximum absolute atomic E-state index is 10.9. The SMILES string of the molecule is CCC(CC(=O)O)Cn1nnnc1-c1cc(C)nnc1C. The summed E-state index contributed by atoms with van der Waals surface area (Å²) in [6, 6.07) is 1.88. The van der Waals surface area contributed by atoms with Crippen molar-refractivity contribution < 1.29 is 9.90 Å². The molecule has 0 saturated carbocycles. The minimum absolute atomic E-state index is 0.0130. The van der Waals surface area contributed by atoms with Crippen molar-refractivity contribution in [2.45, 2.75) is 40.2 Å². The zero-order valence-corrected chi connectivity index (χ0v) is 12.3. The molecule has 8 nitrogen and oxygen atoms in total. The van der Waals surface area contributed by atoms with Gasteiger partial charge in [-0.05, 0) is 36.3 Å². The molecule has 0 saturated heterocycles. The van der Waals surface area contributed by atoms with E-state index in [1.807, 2.05) is 26.8 Å². The number of tetrazole rings is 1. The highest BCUT2D eigenvalue weighted by molar-refractivity contribution is 5.67. The van der Waals surface area contributed by atoms with E-state index in [-0.39, 0.29) is 12.3 Å². The Morgan fingerprint density at radius 2 is 2.10 bits per heavy atom. The zero-order chi connectivity index (χ0) is 15.4. The van der Waals surface area contributed by atoms with Crippen LogP contribution in [0, 0.1) is 19.8 Å². The summed E-state index contributed by atoms with van der Waals surface area (Å²) in [7, 11) is 0. The van der Waals surface area contributed by atoms with Crippen LogP contribution in [0.2, 0.25) is 0 Å². The van der Waals surface area contributed by atoms with Gasteiger partial charge in [0, 0.05) is 18.5 Å². The van der Waals surface area contributed by atoms with E-state index in [1.165, 1.54) is 0 Å². The van der Waals surface area contributed by atoms with E-state index in [9.17, 15) is 4.79 Å². The van der Waals surface area contributed by atoms with Crippen LogP contribution in [0.4, 0.5) is 0 Å². The quantitative estimate of drug-likeness (QED) is 0.853. The first-order valence-electron chi connectivity index (χ1n) is 6.80. The van der Waals surface area contributed by atoms with Crippen molar-refractivity contribution in [3.63, 3.8) is 0 Å². The Morgan fingerprint density at radius 1 is 1.33 bits per heavy atom. The Bertz CT molecular complexity index is 639. The molecule has 0 amide bonds. The fourth-order valence-electron chi connectivity index (χ4n) is 2.13. The Morgan fingerprint density at radius 3 is 2.76 bits per heavy atom. The normalized spacial score (nSPS) is 12.3. The van der Waals surface area contributed by atoms with Crippen LogP contribution in [0.5, 0.6) is 0 Å². The van der Waals surface area contributed by atoms with Crippen LogP contribution in [-0.4, -0.2) is 41.5 Å². The molecule has 8 heteroatoms. The molecule has 0 bridgehead atoms. The molecule has 1 N–H and O–H groups in total. The molecule has 0 aliphatic carbocycles. The fourth-order valence-corrected chi connectivity index (χ4v) is 2.13. The molecule has 0 aliphatic rings. The lowest BCUT2D eigenvalue weighted by Gasteiger charge is -2.13. The molecule has 2 aromatic rings. The summed E-state index contributed by atoms with van der Waals surface area (Å²) < 4.78 is 1.64. The smallest absolute Gasteiger partial charge is 0.303 e. The summed E-state index contributed by atoms with van der Waals surface area (Å²) in [5, 5.41) is 28.7. The summed E-state index contributed by atoms with van der Waals surface area (Å²) in [5.74, 6) is -0.232. The largest absolute Gasteiger partial charge is 0.481 e. The molecule has 2 aromatic heterocycles. The molecular weight excluding hydrogens is 272 g/mol. The monoisotopic (exact) mass is 290 g/mol. The Labute approximate surface area is 122 Å². The Kier molecular flexibility index (Phi) is 4.56. The number of rotatable bonds is 6. The predicted octanol–water partition coefficient (Wildman–Crippen LogP) is 1.25. The molecule has 112 valence electrons. The summed E-state index contributed by atoms with van der Waals surface area (Å²) in [6.45, 7) is 6.12. The van der Waals surface area contributed by atoms with Gasteiger partial charge in [-0.25, -0.2) is 4.68 Å². The number of aromatic nitrogens is 6. The van der Waals surface area contributed by atoms with Gasteiger partial charge in [-0.1, -0.05) is 13.3 Å². The van der Waals surface area contributed by atoms with Gasteiger partial charge in [-0.2, -0.15) is 10.2 Å². The summed E-state index contributed by atoms with van der Waals surface area (Å²) in [6.07, 6.45) is 0.848. The minimum atomic E-state index is -0.811. The third-order valence-electron chi connectivity index (χ3n) is 3.35. The number of carboxylic acid groups (broad SMARTS) is 1. The molecule has 21 heavy (non-hydrogen) atoms. The second kappa shape index (κ2) is 6.38. The molecule has 2 heterocycles. The van der Waals surface area contributed by atoms with Crippen molar-refractivity contribution >= 4 is 5.97 Å². The maximum Gasteiger partial charge on any atom is 0.303 e. The second-order valence-electron chi connectivity index (χ2n) is 5.04. The highest BCUT2D eigenvalue weighted by atomic mass is 16.4. The fraction of sp³-hybridized carbons (Fsp3) is 0.538. The van der Waals surface area contributed by atoms with Crippen LogP contribution >= 0.6 is 0 Å². The second-order valence-corrected chi connectivity index (χ2v) is 5.04. The van der Waals surface area contributed by atoms with Crippen LogP contribution in [0.25, 0.3) is 11.4 Å². The summed E-state index contributed by atoms with van der Waals surface area (Å²) in [4.78, 5) is 10.9. The number of carbonyl (C=O) groups is 1. The third kappa shape index (κ3) is 3.59. The van der Waals surface area contributed by atoms with Crippen molar-refractivity contribution in [2.24, 2.45) is 5.92 Å². The van der Waals surface area contributed by atoms with Crippen molar-refractivity contribution in [2.75, 3.05) is 0 Å². The van der Waals surface area contributed by atoms with Crippen LogP contribution < -0.4 is 0 Å². The number of aliphatic carboxylic acids is 1. The van der Waals surface area contributed by atoms with Crippen molar-refractivity contribution in [3.8, 4) is 11.4 Å². The lowest BCUT2D eigenvalue weighted by molar-refractivity contribution is -0.138. The first-order chi connectivity index (χ1) is 10.0. The lowest BCUT2D eigenvalue weighted by atomic mass is 10.0. The Balaban J connectivity index is 2.30. The van der Waals surface area contributed by atoms with E-state index in [0.29, 0.717) is 12.4 Å². The van der Waals surface area contributed by atoms with Gasteiger partial charge in [-0.3, -0.25) is 4.79 Å². The molecular formula is C13H18N6O2. The van der Waals surface area contributed by atoms with Crippen LogP contribution in [0.3, 0.4) is 0 Å². The highest BCUT2D eigenvalue weighted by Crippen LogP contribution is 2.21. The van der Waals surface area contributed by atoms with Gasteiger partial charge in [0.25, 0.3) is 0 Å². The van der Waals surface area contributed by atoms with Crippen molar-refractivity contribution in [3.05, 3.63) is 17.5 Å². The predicted molar refractivity (Wildman–Crippen MR) is 74.4 cm³/mol. The molecule has 0 fully saturated rings. The average Bonchev–Trinajstić information content (AvgIpc) is 2.88. The number of carboxylic acids is 1. The number of aryl methyl sites for hydroxylation is 2. The zero-order valence-electron chi connectivity index (χ0n) is 12.3. The van der Waals surface area contributed by atoms with Gasteiger partial charge in [0.05, 0.1) is 11.4 Å².